The molecule has 120 valence electrons. The fourth-order valence-corrected chi connectivity index (χ4v) is 2.77. The Morgan fingerprint density at radius 2 is 1.48 bits per heavy atom. The molecule has 0 bridgehead atoms. The van der Waals surface area contributed by atoms with Crippen LogP contribution in [0.4, 0.5) is 0 Å². The highest BCUT2D eigenvalue weighted by Crippen LogP contribution is 2.41. The molecule has 1 atom stereocenters. The smallest absolute Gasteiger partial charge is 0.185 e. The van der Waals surface area contributed by atoms with Crippen molar-refractivity contribution < 1.29 is 4.79 Å². The Morgan fingerprint density at radius 1 is 1.00 bits per heavy atom. The van der Waals surface area contributed by atoms with Crippen molar-refractivity contribution in [2.24, 2.45) is 11.3 Å². The number of Topliss-reactive ketones (excluding diaryl/α,β-unsaturated/α-hetero) is 1. The van der Waals surface area contributed by atoms with Gasteiger partial charge in [-0.15, -0.1) is 0 Å². The minimum atomic E-state index is 0.0523. The van der Waals surface area contributed by atoms with Crippen LogP contribution in [-0.4, -0.2) is 36.6 Å². The molecule has 0 aliphatic heterocycles. The number of aromatic amines is 2. The summed E-state index contributed by atoms with van der Waals surface area (Å²) in [5.41, 5.74) is 2.97. The third-order valence-corrected chi connectivity index (χ3v) is 4.25. The van der Waals surface area contributed by atoms with Crippen LogP contribution in [0.1, 0.15) is 45.0 Å². The summed E-state index contributed by atoms with van der Waals surface area (Å²) in [6.07, 6.45) is 8.35. The highest BCUT2D eigenvalue weighted by atomic mass is 16.1. The van der Waals surface area contributed by atoms with Gasteiger partial charge in [0.15, 0.2) is 5.78 Å². The number of nitrogens with zero attached hydrogens (tertiary/aromatic N) is 4. The predicted molar refractivity (Wildman–Crippen MR) is 85.9 cm³/mol. The second-order valence-corrected chi connectivity index (χ2v) is 6.93. The van der Waals surface area contributed by atoms with Crippen molar-refractivity contribution in [3.8, 4) is 0 Å². The fourth-order valence-electron chi connectivity index (χ4n) is 2.77. The Balaban J connectivity index is 1.98. The Labute approximate surface area is 134 Å². The highest BCUT2D eigenvalue weighted by Gasteiger charge is 2.34. The molecular formula is C16H20N6O. The number of aromatic nitrogens is 6. The number of hydrogen-bond acceptors (Lipinski definition) is 5. The number of carbonyl (C=O) groups is 1. The maximum atomic E-state index is 12.8. The molecule has 0 amide bonds. The predicted octanol–water partition coefficient (Wildman–Crippen LogP) is 2.42. The minimum Gasteiger partial charge on any atom is -0.289 e. The lowest BCUT2D eigenvalue weighted by Crippen LogP contribution is -2.29. The van der Waals surface area contributed by atoms with Crippen molar-refractivity contribution in [1.29, 1.82) is 0 Å². The fraction of sp³-hybridized carbons (Fsp3) is 0.438. The van der Waals surface area contributed by atoms with Crippen molar-refractivity contribution >= 4 is 17.9 Å². The lowest BCUT2D eigenvalue weighted by atomic mass is 9.68. The lowest BCUT2D eigenvalue weighted by molar-refractivity contribution is -0.113. The van der Waals surface area contributed by atoms with Gasteiger partial charge < -0.3 is 0 Å². The number of rotatable bonds is 2. The molecule has 0 saturated heterocycles. The maximum absolute atomic E-state index is 12.8. The SMILES string of the molecule is CC(C)(C)C1C/C(=C/c2cn[nH]n2)C(=O)/C(=C/c2cn[nH]n2)C1. The van der Waals surface area contributed by atoms with Gasteiger partial charge in [0.2, 0.25) is 0 Å². The maximum Gasteiger partial charge on any atom is 0.185 e. The summed E-state index contributed by atoms with van der Waals surface area (Å²) in [6, 6.07) is 0. The number of hydrogen-bond donors (Lipinski definition) is 2. The molecule has 0 aromatic carbocycles. The molecule has 0 radical (unpaired) electrons. The normalized spacial score (nSPS) is 22.9. The summed E-state index contributed by atoms with van der Waals surface area (Å²) >= 11 is 0. The van der Waals surface area contributed by atoms with E-state index in [0.29, 0.717) is 17.3 Å². The average Bonchev–Trinajstić information content (AvgIpc) is 3.15. The zero-order valence-corrected chi connectivity index (χ0v) is 13.5. The van der Waals surface area contributed by atoms with E-state index in [1.165, 1.54) is 0 Å². The number of carbonyl (C=O) groups excluding carboxylic acids is 1. The van der Waals surface area contributed by atoms with Gasteiger partial charge in [-0.05, 0) is 36.3 Å². The molecule has 2 aromatic heterocycles. The van der Waals surface area contributed by atoms with E-state index >= 15 is 0 Å². The number of allylic oxidation sites excluding steroid dienone is 2. The van der Waals surface area contributed by atoms with Gasteiger partial charge in [-0.1, -0.05) is 20.8 Å². The monoisotopic (exact) mass is 312 g/mol. The molecule has 2 aromatic rings. The van der Waals surface area contributed by atoms with Crippen LogP contribution in [0.5, 0.6) is 0 Å². The van der Waals surface area contributed by atoms with Crippen LogP contribution in [0.3, 0.4) is 0 Å². The van der Waals surface area contributed by atoms with E-state index in [4.69, 9.17) is 0 Å². The number of nitrogens with one attached hydrogen (secondary N) is 2. The molecule has 1 saturated carbocycles. The first kappa shape index (κ1) is 15.3. The summed E-state index contributed by atoms with van der Waals surface area (Å²) in [4.78, 5) is 12.8. The van der Waals surface area contributed by atoms with E-state index in [-0.39, 0.29) is 11.2 Å². The van der Waals surface area contributed by atoms with E-state index in [9.17, 15) is 4.79 Å². The summed E-state index contributed by atoms with van der Waals surface area (Å²) in [7, 11) is 0. The summed E-state index contributed by atoms with van der Waals surface area (Å²) in [6.45, 7) is 6.61. The highest BCUT2D eigenvalue weighted by molar-refractivity contribution is 6.13. The van der Waals surface area contributed by atoms with Crippen LogP contribution in [-0.2, 0) is 4.79 Å². The quantitative estimate of drug-likeness (QED) is 0.829. The van der Waals surface area contributed by atoms with Crippen molar-refractivity contribution in [1.82, 2.24) is 30.8 Å². The number of H-pyrrole nitrogens is 2. The van der Waals surface area contributed by atoms with Gasteiger partial charge in [0, 0.05) is 11.1 Å². The van der Waals surface area contributed by atoms with E-state index in [1.54, 1.807) is 12.4 Å². The van der Waals surface area contributed by atoms with Crippen molar-refractivity contribution in [2.75, 3.05) is 0 Å². The average molecular weight is 312 g/mol. The van der Waals surface area contributed by atoms with Crippen molar-refractivity contribution in [3.63, 3.8) is 0 Å². The molecule has 2 heterocycles. The van der Waals surface area contributed by atoms with Crippen LogP contribution < -0.4 is 0 Å². The Hall–Kier alpha value is -2.57. The van der Waals surface area contributed by atoms with Crippen molar-refractivity contribution in [2.45, 2.75) is 33.6 Å². The van der Waals surface area contributed by atoms with E-state index < -0.39 is 0 Å². The van der Waals surface area contributed by atoms with E-state index in [0.717, 1.165) is 24.0 Å². The van der Waals surface area contributed by atoms with Gasteiger partial charge in [-0.2, -0.15) is 30.8 Å². The molecule has 7 heteroatoms. The largest absolute Gasteiger partial charge is 0.289 e. The van der Waals surface area contributed by atoms with E-state index in [2.05, 4.69) is 51.6 Å². The first-order chi connectivity index (χ1) is 10.9. The molecule has 1 aliphatic carbocycles. The van der Waals surface area contributed by atoms with E-state index in [1.807, 2.05) is 12.2 Å². The Morgan fingerprint density at radius 3 is 1.83 bits per heavy atom. The third kappa shape index (κ3) is 3.44. The molecule has 3 rings (SSSR count). The van der Waals surface area contributed by atoms with Crippen LogP contribution in [0, 0.1) is 11.3 Å². The molecule has 23 heavy (non-hydrogen) atoms. The number of ketones is 1. The summed E-state index contributed by atoms with van der Waals surface area (Å²) in [5.74, 6) is 0.424. The minimum absolute atomic E-state index is 0.0523. The first-order valence-corrected chi connectivity index (χ1v) is 7.61. The molecular weight excluding hydrogens is 292 g/mol. The zero-order valence-electron chi connectivity index (χ0n) is 13.5. The summed E-state index contributed by atoms with van der Waals surface area (Å²) < 4.78 is 0. The van der Waals surface area contributed by atoms with Crippen LogP contribution in [0.2, 0.25) is 0 Å². The Kier molecular flexibility index (Phi) is 3.94. The van der Waals surface area contributed by atoms with Gasteiger partial charge >= 0.3 is 0 Å². The summed E-state index contributed by atoms with van der Waals surface area (Å²) in [5, 5.41) is 20.8. The van der Waals surface area contributed by atoms with Crippen LogP contribution >= 0.6 is 0 Å². The molecule has 2 N–H and O–H groups in total. The molecule has 1 unspecified atom stereocenters. The van der Waals surface area contributed by atoms with Crippen molar-refractivity contribution in [3.05, 3.63) is 34.9 Å². The molecule has 1 aliphatic rings. The van der Waals surface area contributed by atoms with Gasteiger partial charge in [0.1, 0.15) is 11.4 Å². The lowest BCUT2D eigenvalue weighted by Gasteiger charge is -2.35. The molecule has 0 spiro atoms. The molecule has 7 nitrogen and oxygen atoms in total. The van der Waals surface area contributed by atoms with Gasteiger partial charge in [0.25, 0.3) is 0 Å². The van der Waals surface area contributed by atoms with Crippen LogP contribution in [0.15, 0.2) is 23.5 Å². The topological polar surface area (TPSA) is 100 Å². The Bertz CT molecular complexity index is 678. The third-order valence-electron chi connectivity index (χ3n) is 4.25. The van der Waals surface area contributed by atoms with Gasteiger partial charge in [-0.3, -0.25) is 4.79 Å². The van der Waals surface area contributed by atoms with Crippen LogP contribution in [0.25, 0.3) is 12.2 Å². The molecule has 1 fully saturated rings. The second-order valence-electron chi connectivity index (χ2n) is 6.93. The van der Waals surface area contributed by atoms with Gasteiger partial charge in [-0.25, -0.2) is 0 Å². The zero-order chi connectivity index (χ0) is 16.4. The first-order valence-electron chi connectivity index (χ1n) is 7.61. The standard InChI is InChI=1S/C16H20N6O/c1-16(2,3)12-4-10(6-13-8-17-21-19-13)15(23)11(5-12)7-14-9-18-22-20-14/h6-9,12H,4-5H2,1-3H3,(H,17,19,21)(H,18,20,22)/b10-6-,11-7+. The second kappa shape index (κ2) is 5.91. The van der Waals surface area contributed by atoms with Gasteiger partial charge in [0.05, 0.1) is 12.4 Å².